The maximum absolute atomic E-state index is 5.72. The van der Waals surface area contributed by atoms with Crippen LogP contribution in [0.15, 0.2) is 22.7 Å². The summed E-state index contributed by atoms with van der Waals surface area (Å²) in [5, 5.41) is 14.6. The van der Waals surface area contributed by atoms with Crippen molar-refractivity contribution in [3.63, 3.8) is 0 Å². The van der Waals surface area contributed by atoms with Crippen LogP contribution < -0.4 is 10.6 Å². The average Bonchev–Trinajstić information content (AvgIpc) is 3.17. The first-order chi connectivity index (χ1) is 11.1. The molecule has 0 saturated carbocycles. The predicted octanol–water partition coefficient (Wildman–Crippen LogP) is 0.908. The van der Waals surface area contributed by atoms with E-state index in [0.717, 1.165) is 0 Å². The van der Waals surface area contributed by atoms with Crippen LogP contribution in [0.25, 0.3) is 0 Å². The highest BCUT2D eigenvalue weighted by Crippen LogP contribution is 2.21. The van der Waals surface area contributed by atoms with Crippen molar-refractivity contribution in [3.8, 4) is 0 Å². The number of nitrogens with zero attached hydrogens (tertiary/aromatic N) is 8. The molecule has 0 aliphatic heterocycles. The zero-order valence-electron chi connectivity index (χ0n) is 12.6. The van der Waals surface area contributed by atoms with E-state index in [0.29, 0.717) is 29.2 Å². The SMILES string of the molecule is CN(C)c1nc(N)nc(CSc2nnnn2Cc2cccs2)n1. The van der Waals surface area contributed by atoms with Crippen LogP contribution in [0.5, 0.6) is 0 Å². The van der Waals surface area contributed by atoms with Gasteiger partial charge in [0.25, 0.3) is 0 Å². The van der Waals surface area contributed by atoms with Crippen LogP contribution in [0.2, 0.25) is 0 Å². The van der Waals surface area contributed by atoms with Crippen LogP contribution in [-0.2, 0) is 12.3 Å². The minimum Gasteiger partial charge on any atom is -0.368 e. The summed E-state index contributed by atoms with van der Waals surface area (Å²) in [6.45, 7) is 0.648. The van der Waals surface area contributed by atoms with E-state index in [-0.39, 0.29) is 5.95 Å². The molecule has 0 aliphatic carbocycles. The van der Waals surface area contributed by atoms with Gasteiger partial charge in [-0.2, -0.15) is 15.0 Å². The molecule has 3 rings (SSSR count). The lowest BCUT2D eigenvalue weighted by Crippen LogP contribution is -2.16. The fraction of sp³-hybridized carbons (Fsp3) is 0.333. The Labute approximate surface area is 141 Å². The number of nitrogens with two attached hydrogens (primary N) is 1. The van der Waals surface area contributed by atoms with E-state index in [1.165, 1.54) is 16.6 Å². The number of anilines is 2. The second kappa shape index (κ2) is 6.87. The Morgan fingerprint density at radius 1 is 1.30 bits per heavy atom. The summed E-state index contributed by atoms with van der Waals surface area (Å²) >= 11 is 3.13. The van der Waals surface area contributed by atoms with Gasteiger partial charge >= 0.3 is 0 Å². The first kappa shape index (κ1) is 15.6. The van der Waals surface area contributed by atoms with Crippen LogP contribution >= 0.6 is 23.1 Å². The van der Waals surface area contributed by atoms with Crippen LogP contribution in [0.1, 0.15) is 10.7 Å². The van der Waals surface area contributed by atoms with E-state index in [4.69, 9.17) is 5.73 Å². The van der Waals surface area contributed by atoms with Crippen molar-refractivity contribution in [2.24, 2.45) is 0 Å². The average molecular weight is 349 g/mol. The quantitative estimate of drug-likeness (QED) is 0.649. The van der Waals surface area contributed by atoms with Crippen molar-refractivity contribution in [2.45, 2.75) is 17.5 Å². The van der Waals surface area contributed by atoms with Crippen molar-refractivity contribution < 1.29 is 0 Å². The number of hydrogen-bond donors (Lipinski definition) is 1. The van der Waals surface area contributed by atoms with Crippen molar-refractivity contribution in [3.05, 3.63) is 28.2 Å². The Morgan fingerprint density at radius 2 is 2.17 bits per heavy atom. The fourth-order valence-electron chi connectivity index (χ4n) is 1.77. The van der Waals surface area contributed by atoms with E-state index in [1.54, 1.807) is 20.9 Å². The Bertz CT molecular complexity index is 769. The van der Waals surface area contributed by atoms with Gasteiger partial charge in [-0.15, -0.1) is 16.4 Å². The smallest absolute Gasteiger partial charge is 0.229 e. The molecule has 0 fully saturated rings. The molecule has 0 aromatic carbocycles. The summed E-state index contributed by atoms with van der Waals surface area (Å²) in [6.07, 6.45) is 0. The van der Waals surface area contributed by atoms with E-state index >= 15 is 0 Å². The zero-order chi connectivity index (χ0) is 16.2. The van der Waals surface area contributed by atoms with Gasteiger partial charge in [-0.05, 0) is 21.9 Å². The number of rotatable bonds is 6. The van der Waals surface area contributed by atoms with Crippen LogP contribution in [0.3, 0.4) is 0 Å². The minimum absolute atomic E-state index is 0.206. The first-order valence-electron chi connectivity index (χ1n) is 6.71. The fourth-order valence-corrected chi connectivity index (χ4v) is 3.19. The lowest BCUT2D eigenvalue weighted by atomic mass is 10.5. The van der Waals surface area contributed by atoms with E-state index in [2.05, 4.69) is 36.5 Å². The molecule has 3 aromatic rings. The Kier molecular flexibility index (Phi) is 4.67. The van der Waals surface area contributed by atoms with Gasteiger partial charge in [0, 0.05) is 19.0 Å². The molecule has 11 heteroatoms. The molecule has 0 amide bonds. The maximum Gasteiger partial charge on any atom is 0.229 e. The number of nitrogen functional groups attached to an aromatic ring is 1. The largest absolute Gasteiger partial charge is 0.368 e. The molecule has 3 heterocycles. The highest BCUT2D eigenvalue weighted by atomic mass is 32.2. The third-order valence-corrected chi connectivity index (χ3v) is 4.62. The molecule has 0 saturated heterocycles. The molecule has 0 atom stereocenters. The van der Waals surface area contributed by atoms with Crippen molar-refractivity contribution >= 4 is 35.0 Å². The lowest BCUT2D eigenvalue weighted by molar-refractivity contribution is 0.608. The highest BCUT2D eigenvalue weighted by Gasteiger charge is 2.11. The van der Waals surface area contributed by atoms with Crippen molar-refractivity contribution in [1.82, 2.24) is 35.2 Å². The van der Waals surface area contributed by atoms with Gasteiger partial charge in [-0.3, -0.25) is 0 Å². The summed E-state index contributed by atoms with van der Waals surface area (Å²) in [7, 11) is 3.71. The molecule has 0 aliphatic rings. The second-order valence-electron chi connectivity index (χ2n) is 4.79. The summed E-state index contributed by atoms with van der Waals surface area (Å²) < 4.78 is 1.76. The molecule has 0 bridgehead atoms. The maximum atomic E-state index is 5.72. The molecule has 0 radical (unpaired) electrons. The van der Waals surface area contributed by atoms with E-state index in [9.17, 15) is 0 Å². The van der Waals surface area contributed by atoms with Gasteiger partial charge in [-0.1, -0.05) is 17.8 Å². The first-order valence-corrected chi connectivity index (χ1v) is 8.57. The summed E-state index contributed by atoms with van der Waals surface area (Å²) in [4.78, 5) is 15.6. The topological polar surface area (TPSA) is 112 Å². The molecule has 0 unspecified atom stereocenters. The normalized spacial score (nSPS) is 10.9. The summed E-state index contributed by atoms with van der Waals surface area (Å²) in [6, 6.07) is 4.06. The van der Waals surface area contributed by atoms with E-state index < -0.39 is 0 Å². The van der Waals surface area contributed by atoms with Gasteiger partial charge in [0.05, 0.1) is 12.3 Å². The number of hydrogen-bond acceptors (Lipinski definition) is 10. The number of thiophene rings is 1. The standard InChI is InChI=1S/C12H15N9S2/c1-20(2)11-15-9(14-10(13)16-11)7-23-12-17-18-19-21(12)6-8-4-3-5-22-8/h3-5H,6-7H2,1-2H3,(H2,13,14,15,16). The van der Waals surface area contributed by atoms with Crippen LogP contribution in [-0.4, -0.2) is 49.3 Å². The summed E-state index contributed by atoms with van der Waals surface area (Å²) in [5.41, 5.74) is 5.72. The van der Waals surface area contributed by atoms with Crippen LogP contribution in [0, 0.1) is 0 Å². The third kappa shape index (κ3) is 3.93. The molecule has 0 spiro atoms. The third-order valence-electron chi connectivity index (χ3n) is 2.80. The summed E-state index contributed by atoms with van der Waals surface area (Å²) in [5.74, 6) is 1.85. The number of thioether (sulfide) groups is 1. The molecule has 9 nitrogen and oxygen atoms in total. The molecule has 23 heavy (non-hydrogen) atoms. The molecular weight excluding hydrogens is 334 g/mol. The molecular formula is C12H15N9S2. The molecule has 120 valence electrons. The van der Waals surface area contributed by atoms with Crippen molar-refractivity contribution in [1.29, 1.82) is 0 Å². The van der Waals surface area contributed by atoms with Crippen LogP contribution in [0.4, 0.5) is 11.9 Å². The number of aromatic nitrogens is 7. The highest BCUT2D eigenvalue weighted by molar-refractivity contribution is 7.98. The lowest BCUT2D eigenvalue weighted by Gasteiger charge is -2.11. The minimum atomic E-state index is 0.206. The monoisotopic (exact) mass is 349 g/mol. The van der Waals surface area contributed by atoms with E-state index in [1.807, 2.05) is 25.5 Å². The Morgan fingerprint density at radius 3 is 2.91 bits per heavy atom. The van der Waals surface area contributed by atoms with Gasteiger partial charge < -0.3 is 10.6 Å². The Hall–Kier alpha value is -2.27. The zero-order valence-corrected chi connectivity index (χ0v) is 14.3. The van der Waals surface area contributed by atoms with Gasteiger partial charge in [-0.25, -0.2) is 4.68 Å². The molecule has 2 N–H and O–H groups in total. The van der Waals surface area contributed by atoms with Gasteiger partial charge in [0.15, 0.2) is 0 Å². The van der Waals surface area contributed by atoms with Gasteiger partial charge in [0.1, 0.15) is 5.82 Å². The second-order valence-corrected chi connectivity index (χ2v) is 6.77. The van der Waals surface area contributed by atoms with Crippen molar-refractivity contribution in [2.75, 3.05) is 24.7 Å². The molecule has 3 aromatic heterocycles. The van der Waals surface area contributed by atoms with Gasteiger partial charge in [0.2, 0.25) is 17.1 Å². The Balaban J connectivity index is 1.70. The predicted molar refractivity (Wildman–Crippen MR) is 89.4 cm³/mol. The number of tetrazole rings is 1.